The zero-order valence-electron chi connectivity index (χ0n) is 14.9. The maximum atomic E-state index is 12.1. The van der Waals surface area contributed by atoms with Gasteiger partial charge in [0, 0.05) is 18.8 Å². The first-order valence-corrected chi connectivity index (χ1v) is 9.09. The Balaban J connectivity index is 1.89. The SMILES string of the molecule is CC(=O)/C(C#CC1=CCCCC1)=C/c1ccccc1N1CCOCC1. The van der Waals surface area contributed by atoms with Gasteiger partial charge in [-0.25, -0.2) is 0 Å². The summed E-state index contributed by atoms with van der Waals surface area (Å²) < 4.78 is 5.45. The van der Waals surface area contributed by atoms with Crippen molar-refractivity contribution in [2.24, 2.45) is 0 Å². The molecule has 130 valence electrons. The summed E-state index contributed by atoms with van der Waals surface area (Å²) in [4.78, 5) is 14.4. The summed E-state index contributed by atoms with van der Waals surface area (Å²) >= 11 is 0. The minimum atomic E-state index is 0.0145. The molecule has 0 N–H and O–H groups in total. The number of para-hydroxylation sites is 1. The van der Waals surface area contributed by atoms with E-state index in [0.717, 1.165) is 50.4 Å². The summed E-state index contributed by atoms with van der Waals surface area (Å²) in [6.45, 7) is 4.82. The number of nitrogens with zero attached hydrogens (tertiary/aromatic N) is 1. The van der Waals surface area contributed by atoms with Gasteiger partial charge in [-0.05, 0) is 55.9 Å². The van der Waals surface area contributed by atoms with Crippen molar-refractivity contribution in [1.29, 1.82) is 0 Å². The normalized spacial score (nSPS) is 18.2. The van der Waals surface area contributed by atoms with E-state index in [2.05, 4.69) is 34.9 Å². The van der Waals surface area contributed by atoms with Crippen LogP contribution in [0.4, 0.5) is 5.69 Å². The van der Waals surface area contributed by atoms with Gasteiger partial charge in [0.05, 0.1) is 18.8 Å². The Morgan fingerprint density at radius 1 is 1.20 bits per heavy atom. The number of anilines is 1. The third-order valence-corrected chi connectivity index (χ3v) is 4.62. The lowest BCUT2D eigenvalue weighted by molar-refractivity contribution is -0.113. The molecule has 1 aliphatic heterocycles. The predicted octanol–water partition coefficient (Wildman–Crippen LogP) is 4.00. The number of allylic oxidation sites excluding steroid dienone is 3. The van der Waals surface area contributed by atoms with Crippen molar-refractivity contribution < 1.29 is 9.53 Å². The molecule has 0 saturated carbocycles. The van der Waals surface area contributed by atoms with Crippen molar-refractivity contribution in [3.63, 3.8) is 0 Å². The molecule has 3 nitrogen and oxygen atoms in total. The molecular formula is C22H25NO2. The zero-order chi connectivity index (χ0) is 17.5. The van der Waals surface area contributed by atoms with E-state index in [0.29, 0.717) is 5.57 Å². The molecule has 25 heavy (non-hydrogen) atoms. The number of carbonyl (C=O) groups is 1. The van der Waals surface area contributed by atoms with E-state index in [1.807, 2.05) is 18.2 Å². The highest BCUT2D eigenvalue weighted by Gasteiger charge is 2.14. The van der Waals surface area contributed by atoms with Crippen molar-refractivity contribution >= 4 is 17.5 Å². The Labute approximate surface area is 150 Å². The van der Waals surface area contributed by atoms with Crippen LogP contribution in [0.1, 0.15) is 38.2 Å². The number of Topliss-reactive ketones (excluding diaryl/α,β-unsaturated/α-hetero) is 1. The van der Waals surface area contributed by atoms with Gasteiger partial charge in [-0.15, -0.1) is 0 Å². The summed E-state index contributed by atoms with van der Waals surface area (Å²) in [7, 11) is 0. The minimum absolute atomic E-state index is 0.0145. The summed E-state index contributed by atoms with van der Waals surface area (Å²) in [5.74, 6) is 6.34. The van der Waals surface area contributed by atoms with E-state index in [1.165, 1.54) is 18.4 Å². The molecule has 1 aromatic rings. The number of hydrogen-bond acceptors (Lipinski definition) is 3. The van der Waals surface area contributed by atoms with E-state index in [-0.39, 0.29) is 5.78 Å². The maximum Gasteiger partial charge on any atom is 0.168 e. The second-order valence-electron chi connectivity index (χ2n) is 6.50. The van der Waals surface area contributed by atoms with E-state index in [1.54, 1.807) is 6.92 Å². The third-order valence-electron chi connectivity index (χ3n) is 4.62. The Morgan fingerprint density at radius 3 is 2.72 bits per heavy atom. The minimum Gasteiger partial charge on any atom is -0.378 e. The average molecular weight is 335 g/mol. The Kier molecular flexibility index (Phi) is 6.09. The Bertz CT molecular complexity index is 743. The first-order valence-electron chi connectivity index (χ1n) is 9.09. The molecule has 3 heteroatoms. The molecular weight excluding hydrogens is 310 g/mol. The molecule has 3 rings (SSSR count). The average Bonchev–Trinajstić information content (AvgIpc) is 2.67. The monoisotopic (exact) mass is 335 g/mol. The fourth-order valence-corrected chi connectivity index (χ4v) is 3.18. The highest BCUT2D eigenvalue weighted by Crippen LogP contribution is 2.24. The fourth-order valence-electron chi connectivity index (χ4n) is 3.18. The summed E-state index contributed by atoms with van der Waals surface area (Å²) in [5, 5.41) is 0. The lowest BCUT2D eigenvalue weighted by atomic mass is 9.99. The molecule has 1 saturated heterocycles. The van der Waals surface area contributed by atoms with Gasteiger partial charge in [-0.3, -0.25) is 4.79 Å². The molecule has 1 aliphatic carbocycles. The van der Waals surface area contributed by atoms with Crippen LogP contribution < -0.4 is 4.90 Å². The van der Waals surface area contributed by atoms with Gasteiger partial charge < -0.3 is 9.64 Å². The van der Waals surface area contributed by atoms with Crippen LogP contribution >= 0.6 is 0 Å². The molecule has 1 fully saturated rings. The van der Waals surface area contributed by atoms with E-state index in [9.17, 15) is 4.79 Å². The lowest BCUT2D eigenvalue weighted by Gasteiger charge is -2.30. The van der Waals surface area contributed by atoms with Gasteiger partial charge in [0.25, 0.3) is 0 Å². The van der Waals surface area contributed by atoms with Crippen LogP contribution in [-0.4, -0.2) is 32.1 Å². The molecule has 0 bridgehead atoms. The van der Waals surface area contributed by atoms with Crippen LogP contribution in [0.2, 0.25) is 0 Å². The standard InChI is InChI=1S/C22H25NO2/c1-18(24)20(12-11-19-7-3-2-4-8-19)17-21-9-5-6-10-22(21)23-13-15-25-16-14-23/h5-7,9-10,17H,2-4,8,13-16H2,1H3/b20-17+. The fraction of sp³-hybridized carbons (Fsp3) is 0.409. The number of ketones is 1. The van der Waals surface area contributed by atoms with Gasteiger partial charge in [0.1, 0.15) is 0 Å². The number of hydrogen-bond donors (Lipinski definition) is 0. The number of carbonyl (C=O) groups excluding carboxylic acids is 1. The second kappa shape index (κ2) is 8.69. The van der Waals surface area contributed by atoms with Crippen LogP contribution in [0.15, 0.2) is 41.5 Å². The van der Waals surface area contributed by atoms with Crippen molar-refractivity contribution in [3.05, 3.63) is 47.1 Å². The molecule has 1 aromatic carbocycles. The van der Waals surface area contributed by atoms with Crippen molar-refractivity contribution in [2.75, 3.05) is 31.2 Å². The summed E-state index contributed by atoms with van der Waals surface area (Å²) in [6, 6.07) is 8.19. The number of rotatable bonds is 3. The van der Waals surface area contributed by atoms with E-state index >= 15 is 0 Å². The van der Waals surface area contributed by atoms with Gasteiger partial charge in [0.15, 0.2) is 5.78 Å². The molecule has 1 heterocycles. The molecule has 0 amide bonds. The Hall–Kier alpha value is -2.31. The smallest absolute Gasteiger partial charge is 0.168 e. The van der Waals surface area contributed by atoms with E-state index in [4.69, 9.17) is 4.74 Å². The van der Waals surface area contributed by atoms with Crippen LogP contribution in [0.5, 0.6) is 0 Å². The first-order chi connectivity index (χ1) is 12.2. The summed E-state index contributed by atoms with van der Waals surface area (Å²) in [5.41, 5.74) is 3.93. The topological polar surface area (TPSA) is 29.5 Å². The molecule has 0 atom stereocenters. The van der Waals surface area contributed by atoms with Crippen molar-refractivity contribution in [2.45, 2.75) is 32.6 Å². The number of ether oxygens (including phenoxy) is 1. The maximum absolute atomic E-state index is 12.1. The van der Waals surface area contributed by atoms with Crippen molar-refractivity contribution in [3.8, 4) is 11.8 Å². The first kappa shape index (κ1) is 17.5. The zero-order valence-corrected chi connectivity index (χ0v) is 14.9. The molecule has 2 aliphatic rings. The van der Waals surface area contributed by atoms with Gasteiger partial charge in [-0.2, -0.15) is 0 Å². The van der Waals surface area contributed by atoms with Gasteiger partial charge in [0.2, 0.25) is 0 Å². The third kappa shape index (κ3) is 4.84. The molecule has 0 radical (unpaired) electrons. The molecule has 0 aromatic heterocycles. The van der Waals surface area contributed by atoms with E-state index < -0.39 is 0 Å². The quantitative estimate of drug-likeness (QED) is 0.618. The van der Waals surface area contributed by atoms with Crippen LogP contribution in [0.3, 0.4) is 0 Å². The number of benzene rings is 1. The van der Waals surface area contributed by atoms with Crippen molar-refractivity contribution in [1.82, 2.24) is 0 Å². The van der Waals surface area contributed by atoms with Gasteiger partial charge in [-0.1, -0.05) is 36.1 Å². The second-order valence-corrected chi connectivity index (χ2v) is 6.50. The predicted molar refractivity (Wildman–Crippen MR) is 102 cm³/mol. The van der Waals surface area contributed by atoms with Crippen LogP contribution in [0.25, 0.3) is 6.08 Å². The van der Waals surface area contributed by atoms with Crippen LogP contribution in [0, 0.1) is 11.8 Å². The van der Waals surface area contributed by atoms with Crippen LogP contribution in [-0.2, 0) is 9.53 Å². The highest BCUT2D eigenvalue weighted by atomic mass is 16.5. The largest absolute Gasteiger partial charge is 0.378 e. The molecule has 0 unspecified atom stereocenters. The summed E-state index contributed by atoms with van der Waals surface area (Å²) in [6.07, 6.45) is 8.71. The highest BCUT2D eigenvalue weighted by molar-refractivity contribution is 6.03. The number of morpholine rings is 1. The molecule has 0 spiro atoms. The van der Waals surface area contributed by atoms with Gasteiger partial charge >= 0.3 is 0 Å². The lowest BCUT2D eigenvalue weighted by Crippen LogP contribution is -2.36. The Morgan fingerprint density at radius 2 is 2.00 bits per heavy atom.